The maximum Gasteiger partial charge on any atom is 0.279 e. The second-order valence-corrected chi connectivity index (χ2v) is 8.01. The lowest BCUT2D eigenvalue weighted by atomic mass is 10.1. The van der Waals surface area contributed by atoms with Gasteiger partial charge in [0.2, 0.25) is 0 Å². The van der Waals surface area contributed by atoms with Gasteiger partial charge in [0.05, 0.1) is 16.3 Å². The number of hydrogen-bond donors (Lipinski definition) is 1. The number of nitrogens with zero attached hydrogens (tertiary/aromatic N) is 2. The van der Waals surface area contributed by atoms with Crippen molar-refractivity contribution >= 4 is 21.6 Å². The molecule has 3 aromatic rings. The summed E-state index contributed by atoms with van der Waals surface area (Å²) in [5.74, 6) is 0.816. The fourth-order valence-electron chi connectivity index (χ4n) is 3.19. The zero-order valence-corrected chi connectivity index (χ0v) is 15.8. The third-order valence-corrected chi connectivity index (χ3v) is 5.57. The Balaban J connectivity index is 1.35. The maximum absolute atomic E-state index is 9.66. The van der Waals surface area contributed by atoms with Gasteiger partial charge >= 0.3 is 0 Å². The molecule has 4 nitrogen and oxygen atoms in total. The number of para-hydroxylation sites is 1. The summed E-state index contributed by atoms with van der Waals surface area (Å²) >= 11 is 1.56. The lowest BCUT2D eigenvalue weighted by molar-refractivity contribution is 0.122. The van der Waals surface area contributed by atoms with E-state index in [1.54, 1.807) is 11.3 Å². The first kappa shape index (κ1) is 17.5. The highest BCUT2D eigenvalue weighted by atomic mass is 32.1. The quantitative estimate of drug-likeness (QED) is 0.637. The Morgan fingerprint density at radius 3 is 2.65 bits per heavy atom. The Bertz CT molecular complexity index is 823. The Hall–Kier alpha value is -1.95. The molecule has 1 atom stereocenters. The molecule has 1 aliphatic rings. The van der Waals surface area contributed by atoms with E-state index in [1.807, 2.05) is 37.3 Å². The molecular formula is C21H24N2O2S. The predicted octanol–water partition coefficient (Wildman–Crippen LogP) is 4.48. The second-order valence-electron chi connectivity index (χ2n) is 7.02. The standard InChI is InChI=1S/C21H24N2O2S/c1-15(24)14-23(17-8-9-17)13-12-16-6-10-18(11-7-16)25-21-22-19-4-2-3-5-20(19)26-21/h2-7,10-11,15,17,24H,8-9,12-14H2,1H3. The number of hydrogen-bond acceptors (Lipinski definition) is 5. The van der Waals surface area contributed by atoms with E-state index in [-0.39, 0.29) is 6.10 Å². The summed E-state index contributed by atoms with van der Waals surface area (Å²) in [5.41, 5.74) is 2.26. The number of rotatable bonds is 8. The lowest BCUT2D eigenvalue weighted by Gasteiger charge is -2.23. The third kappa shape index (κ3) is 4.41. The van der Waals surface area contributed by atoms with Crippen molar-refractivity contribution in [2.45, 2.75) is 38.3 Å². The van der Waals surface area contributed by atoms with Gasteiger partial charge < -0.3 is 9.84 Å². The number of aliphatic hydroxyl groups is 1. The summed E-state index contributed by atoms with van der Waals surface area (Å²) < 4.78 is 7.05. The fourth-order valence-corrected chi connectivity index (χ4v) is 4.03. The molecule has 0 bridgehead atoms. The molecule has 0 saturated heterocycles. The van der Waals surface area contributed by atoms with E-state index in [1.165, 1.54) is 18.4 Å². The number of aromatic nitrogens is 1. The second kappa shape index (κ2) is 7.74. The van der Waals surface area contributed by atoms with Crippen molar-refractivity contribution in [3.05, 3.63) is 54.1 Å². The average molecular weight is 369 g/mol. The summed E-state index contributed by atoms with van der Waals surface area (Å²) in [6, 6.07) is 17.0. The van der Waals surface area contributed by atoms with Crippen LogP contribution in [-0.4, -0.2) is 40.2 Å². The van der Waals surface area contributed by atoms with Crippen LogP contribution < -0.4 is 4.74 Å². The lowest BCUT2D eigenvalue weighted by Crippen LogP contribution is -2.34. The fraction of sp³-hybridized carbons (Fsp3) is 0.381. The highest BCUT2D eigenvalue weighted by Crippen LogP contribution is 2.31. The molecule has 0 aliphatic heterocycles. The van der Waals surface area contributed by atoms with Crippen LogP contribution in [0.2, 0.25) is 0 Å². The van der Waals surface area contributed by atoms with Crippen molar-refractivity contribution in [3.8, 4) is 10.9 Å². The van der Waals surface area contributed by atoms with Crippen LogP contribution in [0.3, 0.4) is 0 Å². The molecule has 5 heteroatoms. The van der Waals surface area contributed by atoms with Gasteiger partial charge in [0.15, 0.2) is 0 Å². The molecule has 0 radical (unpaired) electrons. The Morgan fingerprint density at radius 2 is 1.96 bits per heavy atom. The molecule has 26 heavy (non-hydrogen) atoms. The summed E-state index contributed by atoms with van der Waals surface area (Å²) in [7, 11) is 0. The normalized spacial score (nSPS) is 15.5. The molecule has 4 rings (SSSR count). The smallest absolute Gasteiger partial charge is 0.279 e. The minimum Gasteiger partial charge on any atom is -0.431 e. The van der Waals surface area contributed by atoms with Crippen LogP contribution in [0.25, 0.3) is 10.2 Å². The number of fused-ring (bicyclic) bond motifs is 1. The van der Waals surface area contributed by atoms with E-state index in [9.17, 15) is 5.11 Å². The minimum atomic E-state index is -0.264. The van der Waals surface area contributed by atoms with Crippen molar-refractivity contribution in [2.24, 2.45) is 0 Å². The maximum atomic E-state index is 9.66. The predicted molar refractivity (Wildman–Crippen MR) is 106 cm³/mol. The molecule has 2 aromatic carbocycles. The van der Waals surface area contributed by atoms with E-state index in [0.717, 1.165) is 35.5 Å². The van der Waals surface area contributed by atoms with Gasteiger partial charge in [0.1, 0.15) is 5.75 Å². The zero-order chi connectivity index (χ0) is 17.9. The molecule has 1 fully saturated rings. The Morgan fingerprint density at radius 1 is 1.19 bits per heavy atom. The van der Waals surface area contributed by atoms with Crippen molar-refractivity contribution in [1.82, 2.24) is 9.88 Å². The molecule has 0 amide bonds. The van der Waals surface area contributed by atoms with E-state index in [4.69, 9.17) is 4.74 Å². The van der Waals surface area contributed by atoms with E-state index in [0.29, 0.717) is 11.2 Å². The first-order valence-corrected chi connectivity index (χ1v) is 10.0. The van der Waals surface area contributed by atoms with Crippen LogP contribution in [-0.2, 0) is 6.42 Å². The highest BCUT2D eigenvalue weighted by molar-refractivity contribution is 7.20. The van der Waals surface area contributed by atoms with E-state index < -0.39 is 0 Å². The van der Waals surface area contributed by atoms with Crippen LogP contribution in [0.15, 0.2) is 48.5 Å². The SMILES string of the molecule is CC(O)CN(CCc1ccc(Oc2nc3ccccc3s2)cc1)C1CC1. The first-order chi connectivity index (χ1) is 12.7. The van der Waals surface area contributed by atoms with E-state index >= 15 is 0 Å². The molecule has 1 unspecified atom stereocenters. The molecule has 136 valence electrons. The molecule has 1 saturated carbocycles. The molecular weight excluding hydrogens is 344 g/mol. The largest absolute Gasteiger partial charge is 0.431 e. The van der Waals surface area contributed by atoms with Gasteiger partial charge in [-0.1, -0.05) is 35.6 Å². The molecule has 0 spiro atoms. The van der Waals surface area contributed by atoms with Crippen LogP contribution in [0, 0.1) is 0 Å². The van der Waals surface area contributed by atoms with Gasteiger partial charge in [-0.3, -0.25) is 4.90 Å². The van der Waals surface area contributed by atoms with Crippen LogP contribution in [0.1, 0.15) is 25.3 Å². The first-order valence-electron chi connectivity index (χ1n) is 9.22. The van der Waals surface area contributed by atoms with Crippen LogP contribution >= 0.6 is 11.3 Å². The molecule has 1 aromatic heterocycles. The monoisotopic (exact) mass is 368 g/mol. The van der Waals surface area contributed by atoms with Gasteiger partial charge in [-0.2, -0.15) is 0 Å². The van der Waals surface area contributed by atoms with Gasteiger partial charge in [-0.15, -0.1) is 0 Å². The Kier molecular flexibility index (Phi) is 5.20. The zero-order valence-electron chi connectivity index (χ0n) is 15.0. The van der Waals surface area contributed by atoms with Crippen LogP contribution in [0.4, 0.5) is 0 Å². The summed E-state index contributed by atoms with van der Waals surface area (Å²) in [6.07, 6.45) is 3.26. The molecule has 1 heterocycles. The van der Waals surface area contributed by atoms with E-state index in [2.05, 4.69) is 28.1 Å². The number of aliphatic hydroxyl groups excluding tert-OH is 1. The minimum absolute atomic E-state index is 0.264. The molecule has 1 N–H and O–H groups in total. The average Bonchev–Trinajstić information content (AvgIpc) is 3.39. The van der Waals surface area contributed by atoms with Crippen molar-refractivity contribution in [3.63, 3.8) is 0 Å². The summed E-state index contributed by atoms with van der Waals surface area (Å²) in [6.45, 7) is 3.63. The van der Waals surface area contributed by atoms with Crippen molar-refractivity contribution in [1.29, 1.82) is 0 Å². The van der Waals surface area contributed by atoms with Crippen molar-refractivity contribution in [2.75, 3.05) is 13.1 Å². The topological polar surface area (TPSA) is 45.6 Å². The number of ether oxygens (including phenoxy) is 1. The summed E-state index contributed by atoms with van der Waals surface area (Å²) in [4.78, 5) is 6.92. The Labute approximate surface area is 158 Å². The van der Waals surface area contributed by atoms with Crippen molar-refractivity contribution < 1.29 is 9.84 Å². The summed E-state index contributed by atoms with van der Waals surface area (Å²) in [5, 5.41) is 10.3. The third-order valence-electron chi connectivity index (χ3n) is 4.65. The van der Waals surface area contributed by atoms with Gasteiger partial charge in [0.25, 0.3) is 5.19 Å². The number of benzene rings is 2. The highest BCUT2D eigenvalue weighted by Gasteiger charge is 2.29. The number of thiazole rings is 1. The van der Waals surface area contributed by atoms with Gasteiger partial charge in [-0.05, 0) is 56.0 Å². The van der Waals surface area contributed by atoms with Crippen LogP contribution in [0.5, 0.6) is 10.9 Å². The molecule has 1 aliphatic carbocycles. The van der Waals surface area contributed by atoms with Gasteiger partial charge in [0, 0.05) is 19.1 Å². The van der Waals surface area contributed by atoms with Gasteiger partial charge in [-0.25, -0.2) is 4.98 Å².